The Labute approximate surface area is 126 Å². The van der Waals surface area contributed by atoms with E-state index in [-0.39, 0.29) is 5.91 Å². The fourth-order valence-corrected chi connectivity index (χ4v) is 2.65. The first-order chi connectivity index (χ1) is 10.3. The highest BCUT2D eigenvalue weighted by Gasteiger charge is 2.14. The third kappa shape index (κ3) is 5.34. The number of methoxy groups -OCH3 is 1. The number of amides is 1. The van der Waals surface area contributed by atoms with Gasteiger partial charge in [-0.05, 0) is 25.3 Å². The van der Waals surface area contributed by atoms with E-state index in [4.69, 9.17) is 4.74 Å². The van der Waals surface area contributed by atoms with Crippen molar-refractivity contribution in [2.24, 2.45) is 0 Å². The molecule has 0 aliphatic heterocycles. The summed E-state index contributed by atoms with van der Waals surface area (Å²) in [7, 11) is 1.66. The molecule has 1 fully saturated rings. The van der Waals surface area contributed by atoms with Crippen LogP contribution in [0.15, 0.2) is 18.5 Å². The molecular formula is C16H25N3O2. The zero-order valence-corrected chi connectivity index (χ0v) is 12.7. The lowest BCUT2D eigenvalue weighted by molar-refractivity contribution is 0.0948. The highest BCUT2D eigenvalue weighted by atomic mass is 16.5. The summed E-state index contributed by atoms with van der Waals surface area (Å²) in [5, 5.41) is 6.37. The smallest absolute Gasteiger partial charge is 0.252 e. The van der Waals surface area contributed by atoms with E-state index < -0.39 is 0 Å². The van der Waals surface area contributed by atoms with Crippen molar-refractivity contribution in [3.8, 4) is 0 Å². The van der Waals surface area contributed by atoms with E-state index in [2.05, 4.69) is 15.6 Å². The van der Waals surface area contributed by atoms with Crippen LogP contribution in [-0.4, -0.2) is 37.2 Å². The lowest BCUT2D eigenvalue weighted by Gasteiger charge is -2.23. The molecule has 21 heavy (non-hydrogen) atoms. The van der Waals surface area contributed by atoms with Gasteiger partial charge in [0.1, 0.15) is 0 Å². The van der Waals surface area contributed by atoms with E-state index >= 15 is 0 Å². The van der Waals surface area contributed by atoms with Crippen molar-refractivity contribution in [2.45, 2.75) is 44.6 Å². The third-order valence-corrected chi connectivity index (χ3v) is 3.79. The predicted octanol–water partition coefficient (Wildman–Crippen LogP) is 2.59. The number of aromatic nitrogens is 1. The Morgan fingerprint density at radius 3 is 2.90 bits per heavy atom. The van der Waals surface area contributed by atoms with Crippen LogP contribution in [0, 0.1) is 0 Å². The van der Waals surface area contributed by atoms with E-state index in [1.54, 1.807) is 19.5 Å². The Bertz CT molecular complexity index is 445. The van der Waals surface area contributed by atoms with Crippen molar-refractivity contribution in [3.05, 3.63) is 24.0 Å². The van der Waals surface area contributed by atoms with Gasteiger partial charge in [0.05, 0.1) is 11.3 Å². The Hall–Kier alpha value is -1.62. The largest absolute Gasteiger partial charge is 0.385 e. The minimum absolute atomic E-state index is 0.0779. The topological polar surface area (TPSA) is 63.2 Å². The SMILES string of the molecule is COCCCNC(=O)c1cncc(NC2CCCCC2)c1. The molecule has 0 saturated heterocycles. The molecule has 116 valence electrons. The Kier molecular flexibility index (Phi) is 6.47. The van der Waals surface area contributed by atoms with Gasteiger partial charge in [0, 0.05) is 38.7 Å². The van der Waals surface area contributed by atoms with Gasteiger partial charge in [0.25, 0.3) is 5.91 Å². The van der Waals surface area contributed by atoms with E-state index in [0.29, 0.717) is 24.8 Å². The Morgan fingerprint density at radius 1 is 1.33 bits per heavy atom. The molecule has 0 radical (unpaired) electrons. The molecule has 5 nitrogen and oxygen atoms in total. The van der Waals surface area contributed by atoms with Crippen LogP contribution in [0.25, 0.3) is 0 Å². The summed E-state index contributed by atoms with van der Waals surface area (Å²) in [6.45, 7) is 1.27. The van der Waals surface area contributed by atoms with E-state index in [0.717, 1.165) is 12.1 Å². The summed E-state index contributed by atoms with van der Waals surface area (Å²) in [5.74, 6) is -0.0779. The average molecular weight is 291 g/mol. The van der Waals surface area contributed by atoms with Crippen LogP contribution in [0.5, 0.6) is 0 Å². The van der Waals surface area contributed by atoms with Crippen LogP contribution in [0.1, 0.15) is 48.9 Å². The molecule has 1 heterocycles. The molecule has 0 spiro atoms. The first-order valence-corrected chi connectivity index (χ1v) is 7.78. The molecule has 2 N–H and O–H groups in total. The highest BCUT2D eigenvalue weighted by molar-refractivity contribution is 5.94. The van der Waals surface area contributed by atoms with Gasteiger partial charge in [0.15, 0.2) is 0 Å². The summed E-state index contributed by atoms with van der Waals surface area (Å²) in [6, 6.07) is 2.40. The number of nitrogens with zero attached hydrogens (tertiary/aromatic N) is 1. The molecule has 1 aliphatic rings. The lowest BCUT2D eigenvalue weighted by atomic mass is 9.95. The van der Waals surface area contributed by atoms with Crippen molar-refractivity contribution in [1.82, 2.24) is 10.3 Å². The van der Waals surface area contributed by atoms with Crippen LogP contribution >= 0.6 is 0 Å². The summed E-state index contributed by atoms with van der Waals surface area (Å²) < 4.78 is 4.96. The average Bonchev–Trinajstić information content (AvgIpc) is 2.53. The second-order valence-electron chi connectivity index (χ2n) is 5.54. The second-order valence-corrected chi connectivity index (χ2v) is 5.54. The molecule has 0 atom stereocenters. The summed E-state index contributed by atoms with van der Waals surface area (Å²) in [4.78, 5) is 16.2. The van der Waals surface area contributed by atoms with Crippen LogP contribution in [0.2, 0.25) is 0 Å². The van der Waals surface area contributed by atoms with Gasteiger partial charge in [-0.15, -0.1) is 0 Å². The predicted molar refractivity (Wildman–Crippen MR) is 83.6 cm³/mol. The molecule has 0 bridgehead atoms. The van der Waals surface area contributed by atoms with Gasteiger partial charge in [-0.25, -0.2) is 0 Å². The number of carbonyl (C=O) groups excluding carboxylic acids is 1. The number of pyridine rings is 1. The maximum atomic E-state index is 12.0. The van der Waals surface area contributed by atoms with Crippen LogP contribution in [0.3, 0.4) is 0 Å². The van der Waals surface area contributed by atoms with E-state index in [1.807, 2.05) is 6.07 Å². The highest BCUT2D eigenvalue weighted by Crippen LogP contribution is 2.21. The number of ether oxygens (including phenoxy) is 1. The fourth-order valence-electron chi connectivity index (χ4n) is 2.65. The van der Waals surface area contributed by atoms with Crippen molar-refractivity contribution >= 4 is 11.6 Å². The molecule has 0 aromatic carbocycles. The van der Waals surface area contributed by atoms with Crippen molar-refractivity contribution in [1.29, 1.82) is 0 Å². The second kappa shape index (κ2) is 8.62. The minimum atomic E-state index is -0.0779. The van der Waals surface area contributed by atoms with E-state index in [1.165, 1.54) is 32.1 Å². The van der Waals surface area contributed by atoms with Crippen LogP contribution in [-0.2, 0) is 4.74 Å². The van der Waals surface area contributed by atoms with E-state index in [9.17, 15) is 4.79 Å². The standard InChI is InChI=1S/C16H25N3O2/c1-21-9-5-8-18-16(20)13-10-15(12-17-11-13)19-14-6-3-2-4-7-14/h10-12,14,19H,2-9H2,1H3,(H,18,20). The number of rotatable bonds is 7. The molecular weight excluding hydrogens is 266 g/mol. The summed E-state index contributed by atoms with van der Waals surface area (Å²) >= 11 is 0. The number of carbonyl (C=O) groups is 1. The quantitative estimate of drug-likeness (QED) is 0.758. The van der Waals surface area contributed by atoms with Crippen molar-refractivity contribution in [3.63, 3.8) is 0 Å². The molecule has 2 rings (SSSR count). The maximum Gasteiger partial charge on any atom is 0.252 e. The summed E-state index contributed by atoms with van der Waals surface area (Å²) in [5.41, 5.74) is 1.54. The molecule has 1 saturated carbocycles. The third-order valence-electron chi connectivity index (χ3n) is 3.79. The molecule has 1 aromatic rings. The summed E-state index contributed by atoms with van der Waals surface area (Å²) in [6.07, 6.45) is 10.5. The monoisotopic (exact) mass is 291 g/mol. The first-order valence-electron chi connectivity index (χ1n) is 7.78. The zero-order chi connectivity index (χ0) is 14.9. The van der Waals surface area contributed by atoms with Crippen molar-refractivity contribution in [2.75, 3.05) is 25.6 Å². The van der Waals surface area contributed by atoms with Crippen LogP contribution < -0.4 is 10.6 Å². The van der Waals surface area contributed by atoms with Gasteiger partial charge >= 0.3 is 0 Å². The number of hydrogen-bond donors (Lipinski definition) is 2. The fraction of sp³-hybridized carbons (Fsp3) is 0.625. The van der Waals surface area contributed by atoms with Gasteiger partial charge in [-0.1, -0.05) is 19.3 Å². The molecule has 1 aromatic heterocycles. The first kappa shape index (κ1) is 15.8. The van der Waals surface area contributed by atoms with Gasteiger partial charge in [-0.2, -0.15) is 0 Å². The molecule has 0 unspecified atom stereocenters. The molecule has 1 aliphatic carbocycles. The zero-order valence-electron chi connectivity index (χ0n) is 12.7. The maximum absolute atomic E-state index is 12.0. The number of hydrogen-bond acceptors (Lipinski definition) is 4. The molecule has 1 amide bonds. The van der Waals surface area contributed by atoms with Crippen molar-refractivity contribution < 1.29 is 9.53 Å². The molecule has 5 heteroatoms. The lowest BCUT2D eigenvalue weighted by Crippen LogP contribution is -2.26. The van der Waals surface area contributed by atoms with Gasteiger partial charge in [-0.3, -0.25) is 9.78 Å². The van der Waals surface area contributed by atoms with Gasteiger partial charge < -0.3 is 15.4 Å². The van der Waals surface area contributed by atoms with Gasteiger partial charge in [0.2, 0.25) is 0 Å². The van der Waals surface area contributed by atoms with Crippen LogP contribution in [0.4, 0.5) is 5.69 Å². The number of nitrogens with one attached hydrogen (secondary N) is 2. The number of anilines is 1. The Balaban J connectivity index is 1.85. The normalized spacial score (nSPS) is 15.7. The Morgan fingerprint density at radius 2 is 2.14 bits per heavy atom. The minimum Gasteiger partial charge on any atom is -0.385 e.